The molecule has 0 bridgehead atoms. The number of phenolic OH excluding ortho intramolecular Hbond substituents is 1. The number of para-hydroxylation sites is 1. The van der Waals surface area contributed by atoms with Crippen LogP contribution in [0.4, 0.5) is 14.5 Å². The molecule has 8 N–H and O–H groups in total. The molecule has 11 nitrogen and oxygen atoms in total. The van der Waals surface area contributed by atoms with Crippen molar-refractivity contribution in [3.05, 3.63) is 95.6 Å². The molecule has 1 aliphatic carbocycles. The number of imide groups is 1. The summed E-state index contributed by atoms with van der Waals surface area (Å²) in [4.78, 5) is 27.6. The summed E-state index contributed by atoms with van der Waals surface area (Å²) in [5.74, 6) is -3.64. The first-order valence-corrected chi connectivity index (χ1v) is 16.5. The summed E-state index contributed by atoms with van der Waals surface area (Å²) in [7, 11) is 1.74. The van der Waals surface area contributed by atoms with Gasteiger partial charge in [-0.15, -0.1) is 0 Å². The van der Waals surface area contributed by atoms with Gasteiger partial charge in [-0.1, -0.05) is 30.3 Å². The van der Waals surface area contributed by atoms with Gasteiger partial charge in [-0.05, 0) is 68.0 Å². The molecule has 2 fully saturated rings. The Morgan fingerprint density at radius 3 is 2.47 bits per heavy atom. The quantitative estimate of drug-likeness (QED) is 0.176. The molecule has 1 atom stereocenters. The number of anilines is 1. The van der Waals surface area contributed by atoms with Crippen molar-refractivity contribution in [2.75, 3.05) is 25.0 Å². The summed E-state index contributed by atoms with van der Waals surface area (Å²) in [5, 5.41) is 17.1. The van der Waals surface area contributed by atoms with Gasteiger partial charge in [-0.25, -0.2) is 0 Å². The maximum Gasteiger partial charge on any atom is 0.285 e. The van der Waals surface area contributed by atoms with Crippen molar-refractivity contribution >= 4 is 34.3 Å². The Balaban J connectivity index is 1.09. The van der Waals surface area contributed by atoms with Crippen molar-refractivity contribution in [1.82, 2.24) is 20.0 Å². The fourth-order valence-electron chi connectivity index (χ4n) is 7.14. The van der Waals surface area contributed by atoms with Crippen LogP contribution in [-0.2, 0) is 9.59 Å². The summed E-state index contributed by atoms with van der Waals surface area (Å²) in [6.07, 6.45) is 10.4. The van der Waals surface area contributed by atoms with Gasteiger partial charge in [-0.3, -0.25) is 24.5 Å². The van der Waals surface area contributed by atoms with Gasteiger partial charge in [0.15, 0.2) is 0 Å². The monoisotopic (exact) mass is 672 g/mol. The Labute approximate surface area is 283 Å². The first kappa shape index (κ1) is 33.7. The molecule has 0 radical (unpaired) electrons. The Bertz CT molecular complexity index is 1820. The number of hydrogen-bond acceptors (Lipinski definition) is 9. The van der Waals surface area contributed by atoms with Crippen LogP contribution in [0.15, 0.2) is 78.9 Å². The molecule has 13 heteroatoms. The number of phenols is 1. The number of halogens is 2. The van der Waals surface area contributed by atoms with E-state index < -0.39 is 12.0 Å². The van der Waals surface area contributed by atoms with Crippen LogP contribution in [0.1, 0.15) is 61.3 Å². The minimum absolute atomic E-state index is 0.0105. The summed E-state index contributed by atoms with van der Waals surface area (Å²) in [6.45, 7) is 0.0377. The number of carbonyl (C=O) groups excluding carboxylic acids is 2. The number of benzene rings is 2. The lowest BCUT2D eigenvalue weighted by molar-refractivity contribution is -0.134. The average Bonchev–Trinajstić information content (AvgIpc) is 3.56. The number of alkyl halides is 2. The highest BCUT2D eigenvalue weighted by molar-refractivity contribution is 6.01. The zero-order chi connectivity index (χ0) is 34.9. The van der Waals surface area contributed by atoms with Crippen LogP contribution in [0.2, 0.25) is 0 Å². The maximum absolute atomic E-state index is 15.8. The highest BCUT2D eigenvalue weighted by Crippen LogP contribution is 2.40. The zero-order valence-electron chi connectivity index (χ0n) is 27.4. The van der Waals surface area contributed by atoms with Gasteiger partial charge in [0.1, 0.15) is 17.6 Å². The van der Waals surface area contributed by atoms with Crippen molar-refractivity contribution in [2.24, 2.45) is 17.2 Å². The van der Waals surface area contributed by atoms with E-state index in [-0.39, 0.29) is 54.0 Å². The van der Waals surface area contributed by atoms with Crippen LogP contribution in [0.3, 0.4) is 0 Å². The average molecular weight is 673 g/mol. The molecule has 3 aromatic rings. The van der Waals surface area contributed by atoms with Crippen LogP contribution >= 0.6 is 0 Å². The molecule has 2 amide bonds. The lowest BCUT2D eigenvalue weighted by Gasteiger charge is -2.41. The number of carbonyl (C=O) groups is 2. The molecule has 1 saturated heterocycles. The molecule has 3 aliphatic rings. The number of nitrogens with zero attached hydrogens (tertiary/aromatic N) is 4. The molecular weight excluding hydrogens is 630 g/mol. The normalized spacial score (nSPS) is 23.0. The van der Waals surface area contributed by atoms with Gasteiger partial charge in [0.05, 0.1) is 18.8 Å². The highest BCUT2D eigenvalue weighted by atomic mass is 19.3. The van der Waals surface area contributed by atoms with Crippen LogP contribution in [-0.4, -0.2) is 69.7 Å². The minimum atomic E-state index is -3.06. The van der Waals surface area contributed by atoms with E-state index in [1.165, 1.54) is 0 Å². The molecule has 3 heterocycles. The molecule has 2 aromatic carbocycles. The number of aromatic nitrogens is 2. The topological polar surface area (TPSA) is 169 Å². The maximum atomic E-state index is 15.8. The van der Waals surface area contributed by atoms with E-state index in [4.69, 9.17) is 17.2 Å². The van der Waals surface area contributed by atoms with E-state index in [0.717, 1.165) is 25.7 Å². The SMILES string of the molecule is CN(c1cccc(C2=CCN(C3CCC(n4cc(C(/C=C(\N)c5ccccc5O)=C(N)N)cn4)CC3)CC2(F)F)c1)C1CCC(=O)NC1=O. The lowest BCUT2D eigenvalue weighted by Crippen LogP contribution is -2.51. The Kier molecular flexibility index (Phi) is 9.46. The number of aromatic hydroxyl groups is 1. The molecule has 1 aromatic heterocycles. The van der Waals surface area contributed by atoms with Gasteiger partial charge >= 0.3 is 0 Å². The predicted octanol–water partition coefficient (Wildman–Crippen LogP) is 3.93. The van der Waals surface area contributed by atoms with Crippen molar-refractivity contribution < 1.29 is 23.5 Å². The second kappa shape index (κ2) is 13.7. The Morgan fingerprint density at radius 1 is 1.04 bits per heavy atom. The fourth-order valence-corrected chi connectivity index (χ4v) is 7.14. The largest absolute Gasteiger partial charge is 0.507 e. The number of likely N-dealkylation sites (N-methyl/N-ethyl adjacent to an activating group) is 1. The molecule has 0 spiro atoms. The summed E-state index contributed by atoms with van der Waals surface area (Å²) in [6, 6.07) is 13.1. The van der Waals surface area contributed by atoms with E-state index in [1.54, 1.807) is 78.8 Å². The third-order valence-electron chi connectivity index (χ3n) is 9.86. The highest BCUT2D eigenvalue weighted by Gasteiger charge is 2.42. The standard InChI is InChI=1S/C36H42F2N8O3/c1-44(31-13-14-33(48)43-35(31)49)26-6-4-5-22(17-26)29-15-16-45(21-36(29,37)38)24-9-11-25(12-10-24)46-20-23(19-42-46)28(34(40)41)18-30(39)27-7-2-3-8-32(27)47/h2-8,15,17-20,24-25,31,47H,9-14,16,21,39-41H2,1H3,(H,43,48,49)/b30-18-. The summed E-state index contributed by atoms with van der Waals surface area (Å²) >= 11 is 0. The number of nitrogens with one attached hydrogen (secondary N) is 1. The van der Waals surface area contributed by atoms with Gasteiger partial charge < -0.3 is 27.2 Å². The lowest BCUT2D eigenvalue weighted by atomic mass is 9.88. The van der Waals surface area contributed by atoms with Gasteiger partial charge in [0.2, 0.25) is 11.8 Å². The van der Waals surface area contributed by atoms with Crippen molar-refractivity contribution in [3.63, 3.8) is 0 Å². The van der Waals surface area contributed by atoms with Crippen LogP contribution in [0.5, 0.6) is 5.75 Å². The first-order chi connectivity index (χ1) is 23.4. The third-order valence-corrected chi connectivity index (χ3v) is 9.86. The van der Waals surface area contributed by atoms with Crippen molar-refractivity contribution in [1.29, 1.82) is 0 Å². The number of rotatable bonds is 8. The minimum Gasteiger partial charge on any atom is -0.507 e. The molecule has 258 valence electrons. The van der Waals surface area contributed by atoms with E-state index in [1.807, 2.05) is 15.8 Å². The fraction of sp³-hybridized carbons (Fsp3) is 0.361. The molecule has 6 rings (SSSR count). The Hall–Kier alpha value is -5.17. The molecule has 2 aliphatic heterocycles. The Morgan fingerprint density at radius 2 is 1.78 bits per heavy atom. The van der Waals surface area contributed by atoms with E-state index >= 15 is 8.78 Å². The number of amides is 2. The van der Waals surface area contributed by atoms with Gasteiger partial charge in [0.25, 0.3) is 5.92 Å². The van der Waals surface area contributed by atoms with E-state index in [2.05, 4.69) is 10.4 Å². The number of allylic oxidation sites excluding steroid dienone is 2. The second-order valence-electron chi connectivity index (χ2n) is 13.0. The second-order valence-corrected chi connectivity index (χ2v) is 13.0. The smallest absolute Gasteiger partial charge is 0.285 e. The van der Waals surface area contributed by atoms with E-state index in [9.17, 15) is 14.7 Å². The van der Waals surface area contributed by atoms with Crippen LogP contribution in [0, 0.1) is 0 Å². The molecule has 49 heavy (non-hydrogen) atoms. The third kappa shape index (κ3) is 7.16. The molecule has 1 unspecified atom stereocenters. The zero-order valence-corrected chi connectivity index (χ0v) is 27.4. The number of nitrogens with two attached hydrogens (primary N) is 3. The van der Waals surface area contributed by atoms with Gasteiger partial charge in [0, 0.05) is 65.9 Å². The number of hydrogen-bond donors (Lipinski definition) is 5. The van der Waals surface area contributed by atoms with E-state index in [0.29, 0.717) is 46.6 Å². The van der Waals surface area contributed by atoms with Crippen molar-refractivity contribution in [2.45, 2.75) is 62.6 Å². The summed E-state index contributed by atoms with van der Waals surface area (Å²) in [5.41, 5.74) is 21.3. The predicted molar refractivity (Wildman–Crippen MR) is 185 cm³/mol. The van der Waals surface area contributed by atoms with Gasteiger partial charge in [-0.2, -0.15) is 13.9 Å². The molecular formula is C36H42F2N8O3. The first-order valence-electron chi connectivity index (χ1n) is 16.5. The number of piperidine rings is 1. The van der Waals surface area contributed by atoms with Crippen LogP contribution < -0.4 is 27.4 Å². The summed E-state index contributed by atoms with van der Waals surface area (Å²) < 4.78 is 33.4. The van der Waals surface area contributed by atoms with Crippen molar-refractivity contribution in [3.8, 4) is 5.75 Å². The van der Waals surface area contributed by atoms with Crippen LogP contribution in [0.25, 0.3) is 16.8 Å². The molecule has 1 saturated carbocycles.